The molecule has 114 valence electrons. The Labute approximate surface area is 130 Å². The van der Waals surface area contributed by atoms with Gasteiger partial charge in [0.2, 0.25) is 0 Å². The second kappa shape index (κ2) is 6.20. The lowest BCUT2D eigenvalue weighted by atomic mass is 10.1. The molecule has 2 fully saturated rings. The molecule has 1 amide bonds. The Kier molecular flexibility index (Phi) is 4.31. The fourth-order valence-electron chi connectivity index (χ4n) is 3.21. The van der Waals surface area contributed by atoms with Crippen molar-refractivity contribution in [1.82, 2.24) is 14.8 Å². The fraction of sp³-hybridized carbons (Fsp3) is 0.600. The smallest absolute Gasteiger partial charge is 0.255 e. The molecular formula is C15H21ClN4O. The van der Waals surface area contributed by atoms with Crippen molar-refractivity contribution in [3.8, 4) is 0 Å². The van der Waals surface area contributed by atoms with Crippen LogP contribution in [0.25, 0.3) is 0 Å². The normalized spacial score (nSPS) is 22.2. The largest absolute Gasteiger partial charge is 0.369 e. The number of nitrogens with zero attached hydrogens (tertiary/aromatic N) is 3. The average molecular weight is 309 g/mol. The third-order valence-electron chi connectivity index (χ3n) is 4.31. The molecule has 21 heavy (non-hydrogen) atoms. The molecule has 2 aliphatic rings. The van der Waals surface area contributed by atoms with Gasteiger partial charge >= 0.3 is 0 Å². The van der Waals surface area contributed by atoms with Crippen molar-refractivity contribution in [2.75, 3.05) is 38.0 Å². The van der Waals surface area contributed by atoms with Crippen LogP contribution in [0.2, 0.25) is 5.02 Å². The molecule has 0 spiro atoms. The summed E-state index contributed by atoms with van der Waals surface area (Å²) in [6.45, 7) is 6.51. The highest BCUT2D eigenvalue weighted by atomic mass is 35.5. The molecule has 1 aromatic rings. The number of carbonyl (C=O) groups excluding carboxylic acids is 1. The minimum absolute atomic E-state index is 0.0407. The van der Waals surface area contributed by atoms with Crippen LogP contribution in [0, 0.1) is 0 Å². The zero-order valence-electron chi connectivity index (χ0n) is 12.3. The Morgan fingerprint density at radius 1 is 1.48 bits per heavy atom. The van der Waals surface area contributed by atoms with E-state index in [4.69, 9.17) is 11.6 Å². The van der Waals surface area contributed by atoms with E-state index in [0.29, 0.717) is 22.4 Å². The van der Waals surface area contributed by atoms with E-state index >= 15 is 0 Å². The molecule has 5 nitrogen and oxygen atoms in total. The van der Waals surface area contributed by atoms with Crippen LogP contribution in [0.4, 0.5) is 5.82 Å². The summed E-state index contributed by atoms with van der Waals surface area (Å²) in [6, 6.07) is 2.25. The molecule has 1 unspecified atom stereocenters. The first-order chi connectivity index (χ1) is 10.2. The summed E-state index contributed by atoms with van der Waals surface area (Å²) in [6.07, 6.45) is 4.06. The van der Waals surface area contributed by atoms with Gasteiger partial charge in [0, 0.05) is 38.4 Å². The molecule has 0 bridgehead atoms. The van der Waals surface area contributed by atoms with Crippen molar-refractivity contribution in [2.45, 2.75) is 25.8 Å². The van der Waals surface area contributed by atoms with Crippen LogP contribution >= 0.6 is 11.6 Å². The van der Waals surface area contributed by atoms with Crippen molar-refractivity contribution >= 4 is 23.3 Å². The van der Waals surface area contributed by atoms with Crippen LogP contribution < -0.4 is 5.32 Å². The highest BCUT2D eigenvalue weighted by molar-refractivity contribution is 6.33. The Bertz CT molecular complexity index is 536. The number of anilines is 1. The van der Waals surface area contributed by atoms with Gasteiger partial charge in [0.25, 0.3) is 5.91 Å². The summed E-state index contributed by atoms with van der Waals surface area (Å²) in [4.78, 5) is 21.3. The van der Waals surface area contributed by atoms with Gasteiger partial charge < -0.3 is 10.2 Å². The van der Waals surface area contributed by atoms with Gasteiger partial charge in [-0.15, -0.1) is 0 Å². The monoisotopic (exact) mass is 308 g/mol. The van der Waals surface area contributed by atoms with E-state index in [1.807, 2.05) is 11.8 Å². The number of halogens is 1. The first-order valence-corrected chi connectivity index (χ1v) is 7.99. The first kappa shape index (κ1) is 14.6. The molecule has 3 heterocycles. The third kappa shape index (κ3) is 2.99. The van der Waals surface area contributed by atoms with Crippen LogP contribution in [0.1, 0.15) is 30.1 Å². The van der Waals surface area contributed by atoms with Crippen molar-refractivity contribution in [3.63, 3.8) is 0 Å². The maximum atomic E-state index is 12.6. The van der Waals surface area contributed by atoms with Crippen molar-refractivity contribution in [1.29, 1.82) is 0 Å². The molecule has 1 aromatic heterocycles. The van der Waals surface area contributed by atoms with E-state index in [9.17, 15) is 4.79 Å². The molecule has 0 radical (unpaired) electrons. The van der Waals surface area contributed by atoms with Crippen LogP contribution in [0.3, 0.4) is 0 Å². The van der Waals surface area contributed by atoms with Crippen LogP contribution in [-0.4, -0.2) is 59.5 Å². The van der Waals surface area contributed by atoms with Gasteiger partial charge in [-0.25, -0.2) is 4.98 Å². The number of aromatic nitrogens is 1. The Morgan fingerprint density at radius 2 is 2.33 bits per heavy atom. The topological polar surface area (TPSA) is 48.5 Å². The van der Waals surface area contributed by atoms with Crippen LogP contribution in [0.15, 0.2) is 12.3 Å². The average Bonchev–Trinajstić information content (AvgIpc) is 2.96. The number of hydrogen-bond acceptors (Lipinski definition) is 4. The van der Waals surface area contributed by atoms with Crippen molar-refractivity contribution in [3.05, 3.63) is 22.8 Å². The zero-order valence-corrected chi connectivity index (χ0v) is 13.1. The molecule has 2 aliphatic heterocycles. The second-order valence-corrected chi connectivity index (χ2v) is 6.08. The van der Waals surface area contributed by atoms with Crippen LogP contribution in [0.5, 0.6) is 0 Å². The van der Waals surface area contributed by atoms with Gasteiger partial charge in [-0.2, -0.15) is 0 Å². The predicted octanol–water partition coefficient (Wildman–Crippen LogP) is 2.09. The van der Waals surface area contributed by atoms with E-state index in [1.54, 1.807) is 12.3 Å². The number of carbonyl (C=O) groups is 1. The maximum absolute atomic E-state index is 12.6. The minimum atomic E-state index is 0.0407. The Balaban J connectivity index is 1.71. The van der Waals surface area contributed by atoms with Gasteiger partial charge in [-0.1, -0.05) is 11.6 Å². The van der Waals surface area contributed by atoms with Gasteiger partial charge in [0.15, 0.2) is 0 Å². The van der Waals surface area contributed by atoms with E-state index in [0.717, 1.165) is 26.2 Å². The molecule has 6 heteroatoms. The molecule has 0 aromatic carbocycles. The molecule has 2 saturated heterocycles. The van der Waals surface area contributed by atoms with Gasteiger partial charge in [0.05, 0.1) is 10.6 Å². The lowest BCUT2D eigenvalue weighted by Gasteiger charge is -2.37. The SMILES string of the molecule is CCNc1ncc(C(=O)N2CCN3CCCC3C2)cc1Cl. The Hall–Kier alpha value is -1.33. The quantitative estimate of drug-likeness (QED) is 0.929. The van der Waals surface area contributed by atoms with E-state index < -0.39 is 0 Å². The molecule has 0 aliphatic carbocycles. The minimum Gasteiger partial charge on any atom is -0.369 e. The maximum Gasteiger partial charge on any atom is 0.255 e. The molecule has 3 rings (SSSR count). The summed E-state index contributed by atoms with van der Waals surface area (Å²) < 4.78 is 0. The first-order valence-electron chi connectivity index (χ1n) is 7.61. The number of piperazine rings is 1. The van der Waals surface area contributed by atoms with Crippen molar-refractivity contribution in [2.24, 2.45) is 0 Å². The number of hydrogen-bond donors (Lipinski definition) is 1. The number of nitrogens with one attached hydrogen (secondary N) is 1. The number of rotatable bonds is 3. The van der Waals surface area contributed by atoms with E-state index in [2.05, 4.69) is 15.2 Å². The van der Waals surface area contributed by atoms with Crippen molar-refractivity contribution < 1.29 is 4.79 Å². The lowest BCUT2D eigenvalue weighted by molar-refractivity contribution is 0.0571. The molecule has 0 saturated carbocycles. The number of pyridine rings is 1. The van der Waals surface area contributed by atoms with E-state index in [1.165, 1.54) is 19.4 Å². The summed E-state index contributed by atoms with van der Waals surface area (Å²) in [5.74, 6) is 0.676. The number of fused-ring (bicyclic) bond motifs is 1. The fourth-order valence-corrected chi connectivity index (χ4v) is 3.44. The molecular weight excluding hydrogens is 288 g/mol. The third-order valence-corrected chi connectivity index (χ3v) is 4.60. The standard InChI is InChI=1S/C15H21ClN4O/c1-2-17-14-13(16)8-11(9-18-14)15(21)20-7-6-19-5-3-4-12(19)10-20/h8-9,12H,2-7,10H2,1H3,(H,17,18). The summed E-state index contributed by atoms with van der Waals surface area (Å²) in [5, 5.41) is 3.58. The van der Waals surface area contributed by atoms with Gasteiger partial charge in [0.1, 0.15) is 5.82 Å². The summed E-state index contributed by atoms with van der Waals surface area (Å²) >= 11 is 6.18. The highest BCUT2D eigenvalue weighted by Gasteiger charge is 2.32. The number of amides is 1. The van der Waals surface area contributed by atoms with Crippen LogP contribution in [-0.2, 0) is 0 Å². The Morgan fingerprint density at radius 3 is 3.10 bits per heavy atom. The predicted molar refractivity (Wildman–Crippen MR) is 83.9 cm³/mol. The second-order valence-electron chi connectivity index (χ2n) is 5.67. The van der Waals surface area contributed by atoms with Gasteiger partial charge in [-0.05, 0) is 32.4 Å². The highest BCUT2D eigenvalue weighted by Crippen LogP contribution is 2.24. The van der Waals surface area contributed by atoms with Gasteiger partial charge in [-0.3, -0.25) is 9.69 Å². The summed E-state index contributed by atoms with van der Waals surface area (Å²) in [5.41, 5.74) is 0.577. The lowest BCUT2D eigenvalue weighted by Crippen LogP contribution is -2.52. The molecule has 1 atom stereocenters. The molecule has 1 N–H and O–H groups in total. The van der Waals surface area contributed by atoms with E-state index in [-0.39, 0.29) is 5.91 Å². The zero-order chi connectivity index (χ0) is 14.8. The summed E-state index contributed by atoms with van der Waals surface area (Å²) in [7, 11) is 0.